The first-order valence-corrected chi connectivity index (χ1v) is 6.00. The van der Waals surface area contributed by atoms with Crippen molar-refractivity contribution in [2.24, 2.45) is 0 Å². The van der Waals surface area contributed by atoms with Gasteiger partial charge in [0.25, 0.3) is 0 Å². The van der Waals surface area contributed by atoms with Crippen molar-refractivity contribution in [3.05, 3.63) is 29.8 Å². The maximum Gasteiger partial charge on any atom is 0.124 e. The van der Waals surface area contributed by atoms with Gasteiger partial charge in [-0.1, -0.05) is 25.1 Å². The minimum Gasteiger partial charge on any atom is -0.374 e. The molecule has 0 bridgehead atoms. The Morgan fingerprint density at radius 2 is 2.00 bits per heavy atom. The van der Waals surface area contributed by atoms with E-state index in [1.54, 1.807) is 0 Å². The second-order valence-electron chi connectivity index (χ2n) is 5.48. The number of aliphatic hydroxyl groups is 1. The molecule has 1 N–H and O–H groups in total. The Labute approximate surface area is 97.9 Å². The van der Waals surface area contributed by atoms with E-state index in [4.69, 9.17) is 0 Å². The zero-order valence-electron chi connectivity index (χ0n) is 10.6. The van der Waals surface area contributed by atoms with E-state index in [0.717, 1.165) is 6.42 Å². The van der Waals surface area contributed by atoms with Gasteiger partial charge in [-0.2, -0.15) is 0 Å². The Kier molecular flexibility index (Phi) is 2.70. The molecule has 1 aromatic carbocycles. The monoisotopic (exact) mass is 219 g/mol. The second kappa shape index (κ2) is 3.77. The molecule has 2 heteroatoms. The third-order valence-electron chi connectivity index (χ3n) is 3.56. The van der Waals surface area contributed by atoms with Crippen LogP contribution in [0.25, 0.3) is 0 Å². The lowest BCUT2D eigenvalue weighted by atomic mass is 9.80. The molecule has 0 saturated heterocycles. The van der Waals surface area contributed by atoms with Gasteiger partial charge in [-0.25, -0.2) is 0 Å². The first-order valence-electron chi connectivity index (χ1n) is 6.00. The lowest BCUT2D eigenvalue weighted by Gasteiger charge is -2.48. The van der Waals surface area contributed by atoms with E-state index in [9.17, 15) is 5.11 Å². The minimum absolute atomic E-state index is 0.0158. The molecule has 1 aliphatic heterocycles. The van der Waals surface area contributed by atoms with Gasteiger partial charge in [-0.05, 0) is 44.7 Å². The van der Waals surface area contributed by atoms with E-state index in [1.165, 1.54) is 11.3 Å². The smallest absolute Gasteiger partial charge is 0.124 e. The van der Waals surface area contributed by atoms with Crippen molar-refractivity contribution in [3.8, 4) is 0 Å². The van der Waals surface area contributed by atoms with Crippen LogP contribution in [-0.4, -0.2) is 16.9 Å². The molecule has 0 aliphatic carbocycles. The number of benzene rings is 1. The minimum atomic E-state index is -0.441. The summed E-state index contributed by atoms with van der Waals surface area (Å²) >= 11 is 0. The van der Waals surface area contributed by atoms with E-state index in [2.05, 4.69) is 43.9 Å². The predicted molar refractivity (Wildman–Crippen MR) is 67.7 cm³/mol. The Morgan fingerprint density at radius 1 is 1.38 bits per heavy atom. The molecule has 2 unspecified atom stereocenters. The summed E-state index contributed by atoms with van der Waals surface area (Å²) in [4.78, 5) is 2.13. The summed E-state index contributed by atoms with van der Waals surface area (Å²) in [6.45, 7) is 8.51. The molecular weight excluding hydrogens is 198 g/mol. The molecule has 0 aromatic heterocycles. The van der Waals surface area contributed by atoms with Crippen molar-refractivity contribution in [3.63, 3.8) is 0 Å². The highest BCUT2D eigenvalue weighted by Crippen LogP contribution is 2.43. The fourth-order valence-corrected chi connectivity index (χ4v) is 3.11. The van der Waals surface area contributed by atoms with Crippen LogP contribution in [-0.2, 0) is 0 Å². The number of aliphatic hydroxyl groups excluding tert-OH is 1. The van der Waals surface area contributed by atoms with Crippen LogP contribution in [0.15, 0.2) is 24.3 Å². The van der Waals surface area contributed by atoms with E-state index in [-0.39, 0.29) is 5.54 Å². The van der Waals surface area contributed by atoms with Crippen molar-refractivity contribution in [2.75, 3.05) is 4.90 Å². The van der Waals surface area contributed by atoms with E-state index >= 15 is 0 Å². The normalized spacial score (nSPS) is 25.1. The topological polar surface area (TPSA) is 23.5 Å². The summed E-state index contributed by atoms with van der Waals surface area (Å²) in [5.74, 6) is 0.557. The van der Waals surface area contributed by atoms with Gasteiger partial charge in [0.2, 0.25) is 0 Å². The fourth-order valence-electron chi connectivity index (χ4n) is 3.11. The molecule has 1 aliphatic rings. The van der Waals surface area contributed by atoms with Gasteiger partial charge in [0.05, 0.1) is 0 Å². The average Bonchev–Trinajstić information content (AvgIpc) is 2.15. The molecule has 0 spiro atoms. The van der Waals surface area contributed by atoms with Crippen LogP contribution in [0, 0.1) is 0 Å². The van der Waals surface area contributed by atoms with E-state index in [1.807, 2.05) is 13.0 Å². The van der Waals surface area contributed by atoms with Crippen LogP contribution in [0.2, 0.25) is 0 Å². The van der Waals surface area contributed by atoms with Crippen molar-refractivity contribution >= 4 is 5.69 Å². The number of hydrogen-bond acceptors (Lipinski definition) is 2. The molecule has 2 atom stereocenters. The maximum atomic E-state index is 9.97. The molecule has 2 nitrogen and oxygen atoms in total. The Bertz CT molecular complexity index is 384. The summed E-state index contributed by atoms with van der Waals surface area (Å²) in [7, 11) is 0. The van der Waals surface area contributed by atoms with Crippen LogP contribution < -0.4 is 4.90 Å². The summed E-state index contributed by atoms with van der Waals surface area (Å²) < 4.78 is 0. The molecule has 2 rings (SSSR count). The third-order valence-corrected chi connectivity index (χ3v) is 3.56. The Hall–Kier alpha value is -1.02. The van der Waals surface area contributed by atoms with Crippen LogP contribution in [0.1, 0.15) is 45.6 Å². The van der Waals surface area contributed by atoms with Gasteiger partial charge < -0.3 is 10.0 Å². The number of para-hydroxylation sites is 1. The van der Waals surface area contributed by atoms with Crippen LogP contribution in [0.5, 0.6) is 0 Å². The highest BCUT2D eigenvalue weighted by atomic mass is 16.3. The number of anilines is 1. The van der Waals surface area contributed by atoms with E-state index in [0.29, 0.717) is 5.92 Å². The highest BCUT2D eigenvalue weighted by molar-refractivity contribution is 5.59. The van der Waals surface area contributed by atoms with Crippen molar-refractivity contribution in [2.45, 2.75) is 51.8 Å². The molecular formula is C14H21NO. The lowest BCUT2D eigenvalue weighted by molar-refractivity contribution is 0.149. The molecule has 1 aromatic rings. The Balaban J connectivity index is 2.54. The molecule has 0 amide bonds. The maximum absolute atomic E-state index is 9.97. The summed E-state index contributed by atoms with van der Waals surface area (Å²) in [5.41, 5.74) is 2.55. The van der Waals surface area contributed by atoms with Gasteiger partial charge in [0, 0.05) is 11.2 Å². The number of rotatable bonds is 1. The quantitative estimate of drug-likeness (QED) is 0.784. The highest BCUT2D eigenvalue weighted by Gasteiger charge is 2.37. The Morgan fingerprint density at radius 3 is 2.62 bits per heavy atom. The standard InChI is InChI=1S/C14H21NO/c1-10-9-14(3,4)15(11(2)16)13-8-6-5-7-12(10)13/h5-8,10-11,16H,9H2,1-4H3. The number of hydrogen-bond donors (Lipinski definition) is 1. The van der Waals surface area contributed by atoms with Gasteiger partial charge in [-0.15, -0.1) is 0 Å². The van der Waals surface area contributed by atoms with Gasteiger partial charge in [-0.3, -0.25) is 0 Å². The summed E-state index contributed by atoms with van der Waals surface area (Å²) in [6, 6.07) is 8.40. The molecule has 0 radical (unpaired) electrons. The fraction of sp³-hybridized carbons (Fsp3) is 0.571. The first kappa shape index (κ1) is 11.5. The zero-order valence-corrected chi connectivity index (χ0v) is 10.6. The molecule has 88 valence electrons. The van der Waals surface area contributed by atoms with Crippen LogP contribution >= 0.6 is 0 Å². The van der Waals surface area contributed by atoms with E-state index < -0.39 is 6.23 Å². The molecule has 16 heavy (non-hydrogen) atoms. The third kappa shape index (κ3) is 1.71. The first-order chi connectivity index (χ1) is 7.43. The van der Waals surface area contributed by atoms with Crippen LogP contribution in [0.4, 0.5) is 5.69 Å². The molecule has 0 saturated carbocycles. The number of nitrogens with zero attached hydrogens (tertiary/aromatic N) is 1. The summed E-state index contributed by atoms with van der Waals surface area (Å²) in [5, 5.41) is 9.97. The van der Waals surface area contributed by atoms with Crippen molar-refractivity contribution in [1.29, 1.82) is 0 Å². The molecule has 1 heterocycles. The van der Waals surface area contributed by atoms with Gasteiger partial charge >= 0.3 is 0 Å². The number of fused-ring (bicyclic) bond motifs is 1. The van der Waals surface area contributed by atoms with Crippen LogP contribution in [0.3, 0.4) is 0 Å². The zero-order chi connectivity index (χ0) is 11.9. The largest absolute Gasteiger partial charge is 0.374 e. The summed E-state index contributed by atoms with van der Waals surface area (Å²) in [6.07, 6.45) is 0.637. The van der Waals surface area contributed by atoms with Gasteiger partial charge in [0.15, 0.2) is 0 Å². The second-order valence-corrected chi connectivity index (χ2v) is 5.48. The van der Waals surface area contributed by atoms with Crippen molar-refractivity contribution in [1.82, 2.24) is 0 Å². The SMILES string of the molecule is CC1CC(C)(C)N(C(C)O)c2ccccc21. The average molecular weight is 219 g/mol. The van der Waals surface area contributed by atoms with Gasteiger partial charge in [0.1, 0.15) is 6.23 Å². The molecule has 0 fully saturated rings. The lowest BCUT2D eigenvalue weighted by Crippen LogP contribution is -2.52. The predicted octanol–water partition coefficient (Wildman–Crippen LogP) is 3.12. The van der Waals surface area contributed by atoms with Crippen molar-refractivity contribution < 1.29 is 5.11 Å².